The van der Waals surface area contributed by atoms with Crippen LogP contribution in [0.15, 0.2) is 22.7 Å². The molecule has 0 bridgehead atoms. The van der Waals surface area contributed by atoms with Crippen LogP contribution in [0.1, 0.15) is 13.3 Å². The number of nitrogens with one attached hydrogen (secondary N) is 1. The first-order valence-corrected chi connectivity index (χ1v) is 6.49. The molecule has 0 aliphatic heterocycles. The summed E-state index contributed by atoms with van der Waals surface area (Å²) in [6.45, 7) is 2.71. The molecule has 0 saturated carbocycles. The molecular weight excluding hydrogens is 303 g/mol. The summed E-state index contributed by atoms with van der Waals surface area (Å²) in [6.07, 6.45) is 0.806. The van der Waals surface area contributed by atoms with E-state index in [1.54, 1.807) is 0 Å². The van der Waals surface area contributed by atoms with Crippen LogP contribution >= 0.6 is 15.9 Å². The van der Waals surface area contributed by atoms with Crippen LogP contribution < -0.4 is 5.32 Å². The summed E-state index contributed by atoms with van der Waals surface area (Å²) >= 11 is 3.05. The number of nitrogens with zero attached hydrogens (tertiary/aromatic N) is 1. The highest BCUT2D eigenvalue weighted by atomic mass is 79.9. The van der Waals surface area contributed by atoms with Crippen molar-refractivity contribution in [2.45, 2.75) is 13.3 Å². The molecular formula is C12H16BrFN2O2. The number of halogens is 2. The van der Waals surface area contributed by atoms with E-state index in [1.807, 2.05) is 6.92 Å². The van der Waals surface area contributed by atoms with Crippen molar-refractivity contribution < 1.29 is 14.3 Å². The summed E-state index contributed by atoms with van der Waals surface area (Å²) in [5.41, 5.74) is 0.507. The molecule has 0 fully saturated rings. The zero-order valence-electron chi connectivity index (χ0n) is 10.1. The fourth-order valence-corrected chi connectivity index (χ4v) is 1.86. The zero-order chi connectivity index (χ0) is 13.5. The maximum atomic E-state index is 13.0. The van der Waals surface area contributed by atoms with Gasteiger partial charge in [0.15, 0.2) is 0 Å². The monoisotopic (exact) mass is 318 g/mol. The molecule has 0 aliphatic rings. The van der Waals surface area contributed by atoms with E-state index >= 15 is 0 Å². The molecule has 0 atom stereocenters. The van der Waals surface area contributed by atoms with Crippen molar-refractivity contribution in [1.29, 1.82) is 0 Å². The average Bonchev–Trinajstić information content (AvgIpc) is 2.33. The summed E-state index contributed by atoms with van der Waals surface area (Å²) in [4.78, 5) is 13.4. The van der Waals surface area contributed by atoms with E-state index in [9.17, 15) is 9.18 Å². The first kappa shape index (κ1) is 14.9. The average molecular weight is 319 g/mol. The lowest BCUT2D eigenvalue weighted by Crippen LogP contribution is -2.37. The standard InChI is InChI=1S/C12H16BrFN2O2/c1-2-5-16(6-7-17)12(18)15-9-3-4-11(14)10(13)8-9/h3-4,8,17H,2,5-7H2,1H3,(H,15,18). The Morgan fingerprint density at radius 1 is 1.50 bits per heavy atom. The Hall–Kier alpha value is -1.14. The van der Waals surface area contributed by atoms with E-state index in [1.165, 1.54) is 23.1 Å². The van der Waals surface area contributed by atoms with Gasteiger partial charge in [0.25, 0.3) is 0 Å². The number of urea groups is 1. The molecule has 0 spiro atoms. The van der Waals surface area contributed by atoms with Gasteiger partial charge in [-0.05, 0) is 40.5 Å². The fourth-order valence-electron chi connectivity index (χ4n) is 1.48. The van der Waals surface area contributed by atoms with Crippen molar-refractivity contribution in [2.75, 3.05) is 25.0 Å². The second kappa shape index (κ2) is 7.33. The highest BCUT2D eigenvalue weighted by Crippen LogP contribution is 2.20. The molecule has 6 heteroatoms. The van der Waals surface area contributed by atoms with Gasteiger partial charge in [-0.2, -0.15) is 0 Å². The minimum atomic E-state index is -0.381. The summed E-state index contributed by atoms with van der Waals surface area (Å²) in [6, 6.07) is 3.96. The minimum absolute atomic E-state index is 0.0828. The number of hydrogen-bond donors (Lipinski definition) is 2. The lowest BCUT2D eigenvalue weighted by molar-refractivity contribution is 0.188. The number of hydrogen-bond acceptors (Lipinski definition) is 2. The lowest BCUT2D eigenvalue weighted by Gasteiger charge is -2.21. The number of carbonyl (C=O) groups is 1. The molecule has 2 amide bonds. The van der Waals surface area contributed by atoms with E-state index in [0.717, 1.165) is 6.42 Å². The number of carbonyl (C=O) groups excluding carboxylic acids is 1. The van der Waals surface area contributed by atoms with Crippen LogP contribution in [0, 0.1) is 5.82 Å². The van der Waals surface area contributed by atoms with Crippen LogP contribution in [0.2, 0.25) is 0 Å². The third-order valence-electron chi connectivity index (χ3n) is 2.32. The molecule has 2 N–H and O–H groups in total. The van der Waals surface area contributed by atoms with Crippen LogP contribution in [0.25, 0.3) is 0 Å². The SMILES string of the molecule is CCCN(CCO)C(=O)Nc1ccc(F)c(Br)c1. The Bertz CT molecular complexity index is 409. The highest BCUT2D eigenvalue weighted by molar-refractivity contribution is 9.10. The van der Waals surface area contributed by atoms with Gasteiger partial charge in [0.05, 0.1) is 11.1 Å². The molecule has 0 saturated heterocycles. The molecule has 1 aromatic carbocycles. The van der Waals surface area contributed by atoms with Gasteiger partial charge in [-0.3, -0.25) is 0 Å². The number of aliphatic hydroxyl groups excluding tert-OH is 1. The molecule has 100 valence electrons. The van der Waals surface area contributed by atoms with E-state index in [2.05, 4.69) is 21.2 Å². The maximum absolute atomic E-state index is 13.0. The number of benzene rings is 1. The molecule has 1 rings (SSSR count). The van der Waals surface area contributed by atoms with E-state index in [0.29, 0.717) is 16.7 Å². The fraction of sp³-hybridized carbons (Fsp3) is 0.417. The Balaban J connectivity index is 2.69. The van der Waals surface area contributed by atoms with Crippen molar-refractivity contribution in [3.63, 3.8) is 0 Å². The van der Waals surface area contributed by atoms with Gasteiger partial charge in [0, 0.05) is 18.8 Å². The van der Waals surface area contributed by atoms with Crippen molar-refractivity contribution >= 4 is 27.6 Å². The highest BCUT2D eigenvalue weighted by Gasteiger charge is 2.12. The van der Waals surface area contributed by atoms with Crippen LogP contribution in [0.5, 0.6) is 0 Å². The van der Waals surface area contributed by atoms with Gasteiger partial charge in [-0.25, -0.2) is 9.18 Å². The molecule has 0 heterocycles. The van der Waals surface area contributed by atoms with Gasteiger partial charge in [0.2, 0.25) is 0 Å². The van der Waals surface area contributed by atoms with Crippen molar-refractivity contribution in [1.82, 2.24) is 4.90 Å². The van der Waals surface area contributed by atoms with Gasteiger partial charge in [-0.15, -0.1) is 0 Å². The number of amides is 2. The second-order valence-electron chi connectivity index (χ2n) is 3.77. The maximum Gasteiger partial charge on any atom is 0.321 e. The minimum Gasteiger partial charge on any atom is -0.395 e. The molecule has 0 aliphatic carbocycles. The molecule has 1 aromatic rings. The summed E-state index contributed by atoms with van der Waals surface area (Å²) < 4.78 is 13.3. The molecule has 0 aromatic heterocycles. The Morgan fingerprint density at radius 3 is 2.78 bits per heavy atom. The predicted octanol–water partition coefficient (Wildman–Crippen LogP) is 2.82. The second-order valence-corrected chi connectivity index (χ2v) is 4.62. The van der Waals surface area contributed by atoms with Gasteiger partial charge in [-0.1, -0.05) is 6.92 Å². The normalized spacial score (nSPS) is 10.2. The van der Waals surface area contributed by atoms with Crippen molar-refractivity contribution in [3.05, 3.63) is 28.5 Å². The molecule has 18 heavy (non-hydrogen) atoms. The third kappa shape index (κ3) is 4.27. The molecule has 4 nitrogen and oxygen atoms in total. The third-order valence-corrected chi connectivity index (χ3v) is 2.93. The van der Waals surface area contributed by atoms with E-state index < -0.39 is 0 Å². The van der Waals surface area contributed by atoms with Crippen molar-refractivity contribution in [2.24, 2.45) is 0 Å². The summed E-state index contributed by atoms with van der Waals surface area (Å²) in [7, 11) is 0. The molecule has 0 unspecified atom stereocenters. The Labute approximate surface area is 114 Å². The van der Waals surface area contributed by atoms with Crippen LogP contribution in [0.4, 0.5) is 14.9 Å². The first-order valence-electron chi connectivity index (χ1n) is 5.70. The smallest absolute Gasteiger partial charge is 0.321 e. The van der Waals surface area contributed by atoms with E-state index in [-0.39, 0.29) is 25.0 Å². The van der Waals surface area contributed by atoms with Crippen LogP contribution in [-0.2, 0) is 0 Å². The van der Waals surface area contributed by atoms with E-state index in [4.69, 9.17) is 5.11 Å². The summed E-state index contributed by atoms with van der Waals surface area (Å²) in [5, 5.41) is 11.5. The Kier molecular flexibility index (Phi) is 6.07. The van der Waals surface area contributed by atoms with Gasteiger partial charge < -0.3 is 15.3 Å². The number of aliphatic hydroxyl groups is 1. The summed E-state index contributed by atoms with van der Waals surface area (Å²) in [5.74, 6) is -0.381. The number of anilines is 1. The van der Waals surface area contributed by atoms with Crippen molar-refractivity contribution in [3.8, 4) is 0 Å². The largest absolute Gasteiger partial charge is 0.395 e. The molecule has 0 radical (unpaired) electrons. The Morgan fingerprint density at radius 2 is 2.22 bits per heavy atom. The zero-order valence-corrected chi connectivity index (χ0v) is 11.7. The predicted molar refractivity (Wildman–Crippen MR) is 72.1 cm³/mol. The van der Waals surface area contributed by atoms with Gasteiger partial charge in [0.1, 0.15) is 5.82 Å². The van der Waals surface area contributed by atoms with Crippen LogP contribution in [-0.4, -0.2) is 35.7 Å². The first-order chi connectivity index (χ1) is 8.58. The van der Waals surface area contributed by atoms with Gasteiger partial charge >= 0.3 is 6.03 Å². The quantitative estimate of drug-likeness (QED) is 0.877. The van der Waals surface area contributed by atoms with Crippen LogP contribution in [0.3, 0.4) is 0 Å². The topological polar surface area (TPSA) is 52.6 Å². The lowest BCUT2D eigenvalue weighted by atomic mass is 10.3. The number of rotatable bonds is 5.